The number of nitrogens with one attached hydrogen (secondary N) is 2. The van der Waals surface area contributed by atoms with Crippen molar-refractivity contribution in [3.63, 3.8) is 0 Å². The molecule has 0 aromatic carbocycles. The zero-order valence-electron chi connectivity index (χ0n) is 8.53. The van der Waals surface area contributed by atoms with Crippen molar-refractivity contribution in [1.29, 1.82) is 0 Å². The van der Waals surface area contributed by atoms with Crippen molar-refractivity contribution >= 4 is 11.9 Å². The predicted octanol–water partition coefficient (Wildman–Crippen LogP) is 1.03. The largest absolute Gasteiger partial charge is 0.414 e. The second-order valence-electron chi connectivity index (χ2n) is 2.64. The van der Waals surface area contributed by atoms with Gasteiger partial charge in [0.1, 0.15) is 17.9 Å². The Bertz CT molecular complexity index is 324. The molecule has 0 aliphatic heterocycles. The van der Waals surface area contributed by atoms with E-state index in [4.69, 9.17) is 4.84 Å². The Kier molecular flexibility index (Phi) is 3.87. The van der Waals surface area contributed by atoms with Crippen molar-refractivity contribution < 1.29 is 4.84 Å². The number of anilines is 1. The lowest BCUT2D eigenvalue weighted by Gasteiger charge is -2.02. The number of hydroxylamine groups is 1. The summed E-state index contributed by atoms with van der Waals surface area (Å²) >= 11 is 0. The summed E-state index contributed by atoms with van der Waals surface area (Å²) in [6.07, 6.45) is 3.32. The number of nitrogens with zero attached hydrogens (tertiary/aromatic N) is 2. The van der Waals surface area contributed by atoms with Gasteiger partial charge in [-0.05, 0) is 6.92 Å². The van der Waals surface area contributed by atoms with Crippen LogP contribution in [0.15, 0.2) is 18.2 Å². The van der Waals surface area contributed by atoms with E-state index in [1.807, 2.05) is 26.1 Å². The van der Waals surface area contributed by atoms with E-state index in [0.717, 1.165) is 17.3 Å². The summed E-state index contributed by atoms with van der Waals surface area (Å²) in [7, 11) is 3.52. The summed E-state index contributed by atoms with van der Waals surface area (Å²) in [6, 6.07) is 1.84. The molecule has 14 heavy (non-hydrogen) atoms. The molecule has 0 amide bonds. The van der Waals surface area contributed by atoms with Crippen LogP contribution in [0, 0.1) is 0 Å². The zero-order valence-corrected chi connectivity index (χ0v) is 8.53. The molecule has 2 N–H and O–H groups in total. The Hall–Kier alpha value is -1.62. The first-order chi connectivity index (χ1) is 6.76. The van der Waals surface area contributed by atoms with Gasteiger partial charge in [0.15, 0.2) is 0 Å². The van der Waals surface area contributed by atoms with E-state index < -0.39 is 0 Å². The number of hydrogen-bond acceptors (Lipinski definition) is 5. The van der Waals surface area contributed by atoms with Gasteiger partial charge in [-0.3, -0.25) is 0 Å². The maximum Gasteiger partial charge on any atom is 0.129 e. The Morgan fingerprint density at radius 1 is 1.43 bits per heavy atom. The highest BCUT2D eigenvalue weighted by Crippen LogP contribution is 2.07. The third kappa shape index (κ3) is 3.02. The van der Waals surface area contributed by atoms with Gasteiger partial charge in [-0.2, -0.15) is 5.48 Å². The zero-order chi connectivity index (χ0) is 10.4. The quantitative estimate of drug-likeness (QED) is 0.553. The molecule has 0 unspecified atom stereocenters. The lowest BCUT2D eigenvalue weighted by Crippen LogP contribution is -2.04. The maximum absolute atomic E-state index is 5.05. The molecule has 0 fully saturated rings. The highest BCUT2D eigenvalue weighted by molar-refractivity contribution is 5.50. The van der Waals surface area contributed by atoms with Gasteiger partial charge in [-0.25, -0.2) is 9.97 Å². The second-order valence-corrected chi connectivity index (χ2v) is 2.64. The van der Waals surface area contributed by atoms with E-state index in [1.165, 1.54) is 6.33 Å². The molecule has 5 nitrogen and oxygen atoms in total. The van der Waals surface area contributed by atoms with Crippen LogP contribution in [-0.4, -0.2) is 24.1 Å². The topological polar surface area (TPSA) is 59.1 Å². The fraction of sp³-hybridized carbons (Fsp3) is 0.333. The molecular weight excluding hydrogens is 180 g/mol. The van der Waals surface area contributed by atoms with Crippen molar-refractivity contribution in [1.82, 2.24) is 15.4 Å². The average Bonchev–Trinajstić information content (AvgIpc) is 2.18. The molecule has 1 rings (SSSR count). The molecule has 0 aliphatic rings. The molecule has 0 bridgehead atoms. The van der Waals surface area contributed by atoms with E-state index in [9.17, 15) is 0 Å². The smallest absolute Gasteiger partial charge is 0.129 e. The molecule has 1 aromatic rings. The summed E-state index contributed by atoms with van der Waals surface area (Å²) < 4.78 is 0. The van der Waals surface area contributed by atoms with Crippen LogP contribution in [0.1, 0.15) is 12.6 Å². The van der Waals surface area contributed by atoms with Crippen LogP contribution in [-0.2, 0) is 4.84 Å². The fourth-order valence-corrected chi connectivity index (χ4v) is 0.987. The van der Waals surface area contributed by atoms with E-state index in [0.29, 0.717) is 0 Å². The van der Waals surface area contributed by atoms with Crippen LogP contribution in [0.4, 0.5) is 5.82 Å². The number of hydrogen-bond donors (Lipinski definition) is 2. The van der Waals surface area contributed by atoms with Gasteiger partial charge >= 0.3 is 0 Å². The van der Waals surface area contributed by atoms with Crippen LogP contribution in [0.25, 0.3) is 6.08 Å². The van der Waals surface area contributed by atoms with Crippen molar-refractivity contribution in [2.75, 3.05) is 19.4 Å². The molecule has 1 aromatic heterocycles. The Morgan fingerprint density at radius 3 is 2.86 bits per heavy atom. The van der Waals surface area contributed by atoms with E-state index in [2.05, 4.69) is 20.8 Å². The first-order valence-electron chi connectivity index (χ1n) is 4.28. The standard InChI is InChI=1S/C9H14N4O/c1-7(14-11-3)4-8-5-9(10-2)13-6-12-8/h4-6,11H,1-3H3,(H,10,12,13)/b7-4+. The molecule has 0 radical (unpaired) electrons. The molecule has 0 saturated carbocycles. The van der Waals surface area contributed by atoms with Crippen molar-refractivity contribution in [2.45, 2.75) is 6.92 Å². The van der Waals surface area contributed by atoms with Gasteiger partial charge in [-0.15, -0.1) is 0 Å². The van der Waals surface area contributed by atoms with Gasteiger partial charge in [0.25, 0.3) is 0 Å². The summed E-state index contributed by atoms with van der Waals surface area (Å²) in [5, 5.41) is 2.94. The summed E-state index contributed by atoms with van der Waals surface area (Å²) in [5.41, 5.74) is 3.39. The van der Waals surface area contributed by atoms with E-state index in [1.54, 1.807) is 7.05 Å². The predicted molar refractivity (Wildman–Crippen MR) is 55.4 cm³/mol. The molecular formula is C9H14N4O. The van der Waals surface area contributed by atoms with Crippen molar-refractivity contribution in [2.24, 2.45) is 0 Å². The van der Waals surface area contributed by atoms with E-state index in [-0.39, 0.29) is 0 Å². The minimum atomic E-state index is 0.744. The minimum Gasteiger partial charge on any atom is -0.414 e. The highest BCUT2D eigenvalue weighted by Gasteiger charge is 1.95. The van der Waals surface area contributed by atoms with Gasteiger partial charge < -0.3 is 10.2 Å². The average molecular weight is 194 g/mol. The SMILES string of the molecule is CNO/C(C)=C/c1cc(NC)ncn1. The van der Waals surface area contributed by atoms with Crippen LogP contribution < -0.4 is 10.8 Å². The third-order valence-corrected chi connectivity index (χ3v) is 1.56. The lowest BCUT2D eigenvalue weighted by atomic mass is 10.3. The summed E-state index contributed by atoms with van der Waals surface area (Å²) in [6.45, 7) is 1.84. The molecule has 0 aliphatic carbocycles. The Labute approximate surface area is 83.2 Å². The summed E-state index contributed by atoms with van der Waals surface area (Å²) in [5.74, 6) is 1.52. The molecule has 76 valence electrons. The monoisotopic (exact) mass is 194 g/mol. The van der Waals surface area contributed by atoms with E-state index >= 15 is 0 Å². The van der Waals surface area contributed by atoms with Gasteiger partial charge in [0.2, 0.25) is 0 Å². The van der Waals surface area contributed by atoms with Crippen LogP contribution >= 0.6 is 0 Å². The molecule has 0 saturated heterocycles. The number of rotatable bonds is 4. The van der Waals surface area contributed by atoms with Crippen molar-refractivity contribution in [3.05, 3.63) is 23.8 Å². The first-order valence-corrected chi connectivity index (χ1v) is 4.28. The van der Waals surface area contributed by atoms with Gasteiger partial charge in [0.05, 0.1) is 5.69 Å². The second kappa shape index (κ2) is 5.18. The van der Waals surface area contributed by atoms with Gasteiger partial charge in [0, 0.05) is 26.2 Å². The molecule has 1 heterocycles. The molecule has 5 heteroatoms. The number of aromatic nitrogens is 2. The third-order valence-electron chi connectivity index (χ3n) is 1.56. The Balaban J connectivity index is 2.80. The number of allylic oxidation sites excluding steroid dienone is 1. The maximum atomic E-state index is 5.05. The van der Waals surface area contributed by atoms with Crippen LogP contribution in [0.5, 0.6) is 0 Å². The summed E-state index contributed by atoms with van der Waals surface area (Å²) in [4.78, 5) is 13.1. The molecule has 0 atom stereocenters. The molecule has 0 spiro atoms. The van der Waals surface area contributed by atoms with Crippen LogP contribution in [0.2, 0.25) is 0 Å². The Morgan fingerprint density at radius 2 is 2.21 bits per heavy atom. The normalized spacial score (nSPS) is 11.2. The van der Waals surface area contributed by atoms with Crippen LogP contribution in [0.3, 0.4) is 0 Å². The lowest BCUT2D eigenvalue weighted by molar-refractivity contribution is 0.131. The highest BCUT2D eigenvalue weighted by atomic mass is 16.6. The fourth-order valence-electron chi connectivity index (χ4n) is 0.987. The van der Waals surface area contributed by atoms with Gasteiger partial charge in [-0.1, -0.05) is 0 Å². The first kappa shape index (κ1) is 10.5. The minimum absolute atomic E-state index is 0.744. The van der Waals surface area contributed by atoms with Crippen molar-refractivity contribution in [3.8, 4) is 0 Å².